The molecular weight excluding hydrogens is 476 g/mol. The zero-order chi connectivity index (χ0) is 25.8. The van der Waals surface area contributed by atoms with Crippen molar-refractivity contribution in [2.75, 3.05) is 0 Å². The monoisotopic (exact) mass is 498 g/mol. The molecule has 0 amide bonds. The molecule has 8 aromatic rings. The van der Waals surface area contributed by atoms with Crippen molar-refractivity contribution >= 4 is 43.5 Å². The lowest BCUT2D eigenvalue weighted by molar-refractivity contribution is 1.01. The van der Waals surface area contributed by atoms with Gasteiger partial charge in [-0.05, 0) is 69.9 Å². The maximum Gasteiger partial charge on any atom is 0.235 e. The van der Waals surface area contributed by atoms with Gasteiger partial charge in [-0.1, -0.05) is 72.8 Å². The number of rotatable bonds is 3. The van der Waals surface area contributed by atoms with E-state index in [1.807, 2.05) is 18.5 Å². The van der Waals surface area contributed by atoms with E-state index in [1.54, 1.807) is 6.20 Å². The van der Waals surface area contributed by atoms with Crippen molar-refractivity contribution in [1.29, 1.82) is 0 Å². The molecule has 0 N–H and O–H groups in total. The van der Waals surface area contributed by atoms with Crippen LogP contribution >= 0.6 is 0 Å². The van der Waals surface area contributed by atoms with Crippen LogP contribution < -0.4 is 0 Å². The lowest BCUT2D eigenvalue weighted by atomic mass is 10.00. The van der Waals surface area contributed by atoms with Crippen molar-refractivity contribution in [2.45, 2.75) is 0 Å². The zero-order valence-electron chi connectivity index (χ0n) is 21.0. The van der Waals surface area contributed by atoms with Gasteiger partial charge >= 0.3 is 0 Å². The first-order valence-corrected chi connectivity index (χ1v) is 13.0. The Balaban J connectivity index is 1.32. The van der Waals surface area contributed by atoms with Crippen LogP contribution in [0.4, 0.5) is 0 Å². The van der Waals surface area contributed by atoms with Crippen LogP contribution in [0.5, 0.6) is 0 Å². The van der Waals surface area contributed by atoms with E-state index in [0.717, 1.165) is 33.1 Å². The number of fused-ring (bicyclic) bond motifs is 5. The van der Waals surface area contributed by atoms with Crippen LogP contribution in [0.1, 0.15) is 0 Å². The third-order valence-corrected chi connectivity index (χ3v) is 7.50. The minimum absolute atomic E-state index is 0.670. The molecule has 0 aliphatic carbocycles. The number of aromatic nitrogens is 4. The summed E-state index contributed by atoms with van der Waals surface area (Å²) < 4.78 is 2.18. The average molecular weight is 499 g/mol. The molecule has 0 aliphatic rings. The highest BCUT2D eigenvalue weighted by Crippen LogP contribution is 2.35. The first kappa shape index (κ1) is 21.7. The van der Waals surface area contributed by atoms with E-state index in [9.17, 15) is 0 Å². The van der Waals surface area contributed by atoms with Gasteiger partial charge < -0.3 is 0 Å². The summed E-state index contributed by atoms with van der Waals surface area (Å²) in [6, 6.07) is 40.6. The van der Waals surface area contributed by atoms with Gasteiger partial charge in [-0.25, -0.2) is 9.97 Å². The molecule has 4 nitrogen and oxygen atoms in total. The fraction of sp³-hybridized carbons (Fsp3) is 0. The largest absolute Gasteiger partial charge is 0.278 e. The van der Waals surface area contributed by atoms with E-state index in [0.29, 0.717) is 5.95 Å². The summed E-state index contributed by atoms with van der Waals surface area (Å²) in [4.78, 5) is 14.1. The first-order valence-electron chi connectivity index (χ1n) is 13.0. The Bertz CT molecular complexity index is 2160. The second-order valence-corrected chi connectivity index (χ2v) is 9.84. The number of benzene rings is 5. The molecule has 0 unspecified atom stereocenters. The minimum atomic E-state index is 0.670. The van der Waals surface area contributed by atoms with Crippen molar-refractivity contribution in [3.63, 3.8) is 0 Å². The van der Waals surface area contributed by atoms with Crippen molar-refractivity contribution in [3.8, 4) is 28.2 Å². The van der Waals surface area contributed by atoms with Gasteiger partial charge in [-0.2, -0.15) is 0 Å². The van der Waals surface area contributed by atoms with Gasteiger partial charge in [0.25, 0.3) is 0 Å². The molecule has 4 heteroatoms. The predicted octanol–water partition coefficient (Wildman–Crippen LogP) is 8.61. The Morgan fingerprint density at radius 2 is 1.28 bits per heavy atom. The Kier molecular flexibility index (Phi) is 4.79. The van der Waals surface area contributed by atoms with Gasteiger partial charge in [-0.15, -0.1) is 0 Å². The number of nitrogens with zero attached hydrogens (tertiary/aromatic N) is 4. The average Bonchev–Trinajstić information content (AvgIpc) is 3.33. The van der Waals surface area contributed by atoms with Crippen LogP contribution in [-0.4, -0.2) is 19.5 Å². The first-order chi connectivity index (χ1) is 19.3. The summed E-state index contributed by atoms with van der Waals surface area (Å²) in [6.45, 7) is 0. The maximum atomic E-state index is 5.02. The molecule has 8 rings (SSSR count). The SMILES string of the molecule is c1ccc(-c2ccc3cc4c(cc3c2)c2ccccc2n4-c2ncc3cc(-c4cccnc4)ccc3n2)cc1. The molecule has 0 fully saturated rings. The topological polar surface area (TPSA) is 43.6 Å². The number of para-hydroxylation sites is 1. The van der Waals surface area contributed by atoms with E-state index < -0.39 is 0 Å². The molecule has 0 aliphatic heterocycles. The fourth-order valence-electron chi connectivity index (χ4n) is 5.58. The molecule has 0 saturated carbocycles. The molecule has 3 heterocycles. The number of pyridine rings is 1. The summed E-state index contributed by atoms with van der Waals surface area (Å²) in [5.74, 6) is 0.670. The lowest BCUT2D eigenvalue weighted by Crippen LogP contribution is -2.01. The van der Waals surface area contributed by atoms with Gasteiger partial charge in [0.1, 0.15) is 0 Å². The van der Waals surface area contributed by atoms with Gasteiger partial charge in [-0.3, -0.25) is 9.55 Å². The summed E-state index contributed by atoms with van der Waals surface area (Å²) in [7, 11) is 0. The highest BCUT2D eigenvalue weighted by atomic mass is 15.2. The highest BCUT2D eigenvalue weighted by molar-refractivity contribution is 6.13. The Labute approximate surface area is 224 Å². The minimum Gasteiger partial charge on any atom is -0.278 e. The van der Waals surface area contributed by atoms with Gasteiger partial charge in [0.05, 0.1) is 16.6 Å². The second-order valence-electron chi connectivity index (χ2n) is 9.84. The summed E-state index contributed by atoms with van der Waals surface area (Å²) >= 11 is 0. The third kappa shape index (κ3) is 3.57. The molecule has 0 bridgehead atoms. The van der Waals surface area contributed by atoms with Crippen molar-refractivity contribution in [2.24, 2.45) is 0 Å². The van der Waals surface area contributed by atoms with E-state index >= 15 is 0 Å². The molecule has 0 atom stereocenters. The number of hydrogen-bond donors (Lipinski definition) is 0. The van der Waals surface area contributed by atoms with Crippen molar-refractivity contribution < 1.29 is 0 Å². The molecule has 3 aromatic heterocycles. The quantitative estimate of drug-likeness (QED) is 0.245. The van der Waals surface area contributed by atoms with Gasteiger partial charge in [0.15, 0.2) is 0 Å². The summed E-state index contributed by atoms with van der Waals surface area (Å²) in [5.41, 5.74) is 7.72. The zero-order valence-corrected chi connectivity index (χ0v) is 21.0. The number of hydrogen-bond acceptors (Lipinski definition) is 3. The summed E-state index contributed by atoms with van der Waals surface area (Å²) in [5, 5.41) is 5.79. The smallest absolute Gasteiger partial charge is 0.235 e. The normalized spacial score (nSPS) is 11.6. The Morgan fingerprint density at radius 1 is 0.487 bits per heavy atom. The van der Waals surface area contributed by atoms with E-state index in [4.69, 9.17) is 9.97 Å². The van der Waals surface area contributed by atoms with Crippen LogP contribution in [0.25, 0.3) is 71.7 Å². The Hall–Kier alpha value is -5.35. The predicted molar refractivity (Wildman–Crippen MR) is 160 cm³/mol. The molecule has 0 radical (unpaired) electrons. The summed E-state index contributed by atoms with van der Waals surface area (Å²) in [6.07, 6.45) is 5.59. The van der Waals surface area contributed by atoms with Crippen LogP contribution in [-0.2, 0) is 0 Å². The van der Waals surface area contributed by atoms with E-state index in [2.05, 4.69) is 119 Å². The van der Waals surface area contributed by atoms with Crippen LogP contribution in [0.15, 0.2) is 134 Å². The van der Waals surface area contributed by atoms with Crippen LogP contribution in [0.2, 0.25) is 0 Å². The fourth-order valence-corrected chi connectivity index (χ4v) is 5.58. The molecule has 0 spiro atoms. The Morgan fingerprint density at radius 3 is 2.18 bits per heavy atom. The van der Waals surface area contributed by atoms with Crippen LogP contribution in [0, 0.1) is 0 Å². The van der Waals surface area contributed by atoms with Crippen molar-refractivity contribution in [3.05, 3.63) is 134 Å². The van der Waals surface area contributed by atoms with Crippen molar-refractivity contribution in [1.82, 2.24) is 19.5 Å². The van der Waals surface area contributed by atoms with E-state index in [-0.39, 0.29) is 0 Å². The molecule has 5 aromatic carbocycles. The van der Waals surface area contributed by atoms with Gasteiger partial charge in [0, 0.05) is 40.3 Å². The third-order valence-electron chi connectivity index (χ3n) is 7.50. The van der Waals surface area contributed by atoms with Gasteiger partial charge in [0.2, 0.25) is 5.95 Å². The highest BCUT2D eigenvalue weighted by Gasteiger charge is 2.16. The molecule has 0 saturated heterocycles. The standard InChI is InChI=1S/C35H22N4/c1-2-7-23(8-3-1)24-12-13-26-20-34-31(19-28(26)17-24)30-10-4-5-11-33(30)39(34)35-37-22-29-18-25(14-15-32(29)38-35)27-9-6-16-36-21-27/h1-22H. The molecular formula is C35H22N4. The van der Waals surface area contributed by atoms with E-state index in [1.165, 1.54) is 32.7 Å². The molecule has 39 heavy (non-hydrogen) atoms. The maximum absolute atomic E-state index is 5.02. The molecule has 182 valence electrons. The second kappa shape index (κ2) is 8.61. The van der Waals surface area contributed by atoms with Crippen LogP contribution in [0.3, 0.4) is 0 Å². The lowest BCUT2D eigenvalue weighted by Gasteiger charge is -2.09.